The van der Waals surface area contributed by atoms with Crippen LogP contribution in [0.1, 0.15) is 51.5 Å². The lowest BCUT2D eigenvalue weighted by Crippen LogP contribution is -2.40. The van der Waals surface area contributed by atoms with Crippen molar-refractivity contribution in [3.63, 3.8) is 0 Å². The number of nitrogens with two attached hydrogens (primary N) is 1. The number of amides is 1. The van der Waals surface area contributed by atoms with Gasteiger partial charge in [-0.2, -0.15) is 0 Å². The van der Waals surface area contributed by atoms with Gasteiger partial charge in [0.25, 0.3) is 0 Å². The van der Waals surface area contributed by atoms with Crippen molar-refractivity contribution in [1.29, 1.82) is 0 Å². The third-order valence-electron chi connectivity index (χ3n) is 5.59. The molecule has 1 aromatic heterocycles. The average Bonchev–Trinajstić information content (AvgIpc) is 3.20. The first-order chi connectivity index (χ1) is 12.8. The van der Waals surface area contributed by atoms with Gasteiger partial charge in [0.1, 0.15) is 11.4 Å². The zero-order valence-electron chi connectivity index (χ0n) is 16.2. The Hall–Kier alpha value is -2.56. The number of nitrogen functional groups attached to an aromatic ring is 1. The highest BCUT2D eigenvalue weighted by molar-refractivity contribution is 5.74. The summed E-state index contributed by atoms with van der Waals surface area (Å²) in [4.78, 5) is 19.1. The smallest absolute Gasteiger partial charge is 0.410 e. The van der Waals surface area contributed by atoms with E-state index in [0.717, 1.165) is 36.0 Å². The van der Waals surface area contributed by atoms with Gasteiger partial charge in [0, 0.05) is 29.8 Å². The predicted octanol–water partition coefficient (Wildman–Crippen LogP) is 4.59. The molecule has 2 bridgehead atoms. The fourth-order valence-corrected chi connectivity index (χ4v) is 4.49. The normalized spacial score (nSPS) is 24.3. The van der Waals surface area contributed by atoms with Gasteiger partial charge in [-0.1, -0.05) is 30.3 Å². The molecule has 27 heavy (non-hydrogen) atoms. The van der Waals surface area contributed by atoms with Crippen molar-refractivity contribution in [2.45, 2.75) is 63.6 Å². The van der Waals surface area contributed by atoms with Crippen LogP contribution in [0.15, 0.2) is 42.6 Å². The van der Waals surface area contributed by atoms with E-state index >= 15 is 0 Å². The van der Waals surface area contributed by atoms with Gasteiger partial charge in [-0.15, -0.1) is 0 Å². The van der Waals surface area contributed by atoms with Crippen molar-refractivity contribution in [3.05, 3.63) is 48.2 Å². The summed E-state index contributed by atoms with van der Waals surface area (Å²) in [5, 5.41) is 0. The molecule has 0 unspecified atom stereocenters. The largest absolute Gasteiger partial charge is 0.444 e. The number of benzene rings is 1. The maximum Gasteiger partial charge on any atom is 0.410 e. The highest BCUT2D eigenvalue weighted by Crippen LogP contribution is 2.47. The van der Waals surface area contributed by atoms with Gasteiger partial charge in [-0.25, -0.2) is 9.78 Å². The Bertz CT molecular complexity index is 844. The minimum atomic E-state index is -0.474. The van der Waals surface area contributed by atoms with Gasteiger partial charge in [0.15, 0.2) is 0 Å². The monoisotopic (exact) mass is 365 g/mol. The number of aromatic nitrogens is 1. The molecule has 2 saturated heterocycles. The number of carbonyl (C=O) groups is 1. The molecule has 1 aromatic carbocycles. The van der Waals surface area contributed by atoms with Crippen LogP contribution in [0.2, 0.25) is 0 Å². The predicted molar refractivity (Wildman–Crippen MR) is 106 cm³/mol. The molecule has 0 aliphatic carbocycles. The summed E-state index contributed by atoms with van der Waals surface area (Å²) in [6.07, 6.45) is 4.71. The van der Waals surface area contributed by atoms with E-state index in [4.69, 9.17) is 10.5 Å². The van der Waals surface area contributed by atoms with Crippen LogP contribution in [-0.2, 0) is 4.74 Å². The summed E-state index contributed by atoms with van der Waals surface area (Å²) in [6, 6.07) is 12.7. The Morgan fingerprint density at radius 2 is 1.96 bits per heavy atom. The maximum absolute atomic E-state index is 12.7. The molecule has 4 rings (SSSR count). The highest BCUT2D eigenvalue weighted by atomic mass is 16.6. The van der Waals surface area contributed by atoms with Crippen LogP contribution in [0.3, 0.4) is 0 Å². The number of fused-ring (bicyclic) bond motifs is 2. The van der Waals surface area contributed by atoms with Gasteiger partial charge >= 0.3 is 6.09 Å². The number of carbonyl (C=O) groups excluding carboxylic acids is 1. The molecule has 5 heteroatoms. The Balaban J connectivity index is 1.61. The molecule has 3 atom stereocenters. The summed E-state index contributed by atoms with van der Waals surface area (Å²) in [5.41, 5.74) is 8.85. The number of ether oxygens (including phenoxy) is 1. The number of anilines is 1. The molecule has 142 valence electrons. The van der Waals surface area contributed by atoms with Crippen LogP contribution in [-0.4, -0.2) is 33.7 Å². The fraction of sp³-hybridized carbons (Fsp3) is 0.455. The van der Waals surface area contributed by atoms with Crippen LogP contribution in [0.4, 0.5) is 10.6 Å². The van der Waals surface area contributed by atoms with Crippen molar-refractivity contribution in [2.75, 3.05) is 5.73 Å². The third kappa shape index (κ3) is 3.38. The first-order valence-electron chi connectivity index (χ1n) is 9.65. The minimum Gasteiger partial charge on any atom is -0.444 e. The molecule has 2 aromatic rings. The molecule has 2 N–H and O–H groups in total. The van der Waals surface area contributed by atoms with Crippen LogP contribution in [0.5, 0.6) is 0 Å². The van der Waals surface area contributed by atoms with E-state index in [1.165, 1.54) is 0 Å². The van der Waals surface area contributed by atoms with Crippen molar-refractivity contribution in [1.82, 2.24) is 9.88 Å². The average molecular weight is 365 g/mol. The van der Waals surface area contributed by atoms with Crippen molar-refractivity contribution in [3.8, 4) is 11.1 Å². The second kappa shape index (κ2) is 6.55. The van der Waals surface area contributed by atoms with Crippen molar-refractivity contribution in [2.24, 2.45) is 0 Å². The number of pyridine rings is 1. The van der Waals surface area contributed by atoms with Gasteiger partial charge in [-0.05, 0) is 57.2 Å². The first kappa shape index (κ1) is 17.8. The molecule has 2 aliphatic rings. The Kier molecular flexibility index (Phi) is 4.33. The van der Waals surface area contributed by atoms with E-state index in [1.54, 1.807) is 0 Å². The molecule has 0 saturated carbocycles. The van der Waals surface area contributed by atoms with E-state index in [2.05, 4.69) is 11.1 Å². The van der Waals surface area contributed by atoms with E-state index in [9.17, 15) is 4.79 Å². The van der Waals surface area contributed by atoms with E-state index < -0.39 is 5.60 Å². The van der Waals surface area contributed by atoms with Crippen LogP contribution >= 0.6 is 0 Å². The minimum absolute atomic E-state index is 0.180. The standard InChI is InChI=1S/C22H27N3O2/c1-22(2,3)27-21(26)25-16-9-10-19(25)17(12-16)15-11-18(20(23)24-13-15)14-7-5-4-6-8-14/h4-8,11,13,16-17,19H,9-10,12H2,1-3H3,(H2,23,24)/t16-,17+,19+/m0/s1. The molecule has 0 radical (unpaired) electrons. The number of nitrogens with zero attached hydrogens (tertiary/aromatic N) is 2. The van der Waals surface area contributed by atoms with Gasteiger partial charge in [0.2, 0.25) is 0 Å². The van der Waals surface area contributed by atoms with Crippen molar-refractivity contribution < 1.29 is 9.53 Å². The molecule has 2 fully saturated rings. The summed E-state index contributed by atoms with van der Waals surface area (Å²) in [7, 11) is 0. The molecular formula is C22H27N3O2. The summed E-state index contributed by atoms with van der Waals surface area (Å²) >= 11 is 0. The fourth-order valence-electron chi connectivity index (χ4n) is 4.49. The quantitative estimate of drug-likeness (QED) is 0.845. The van der Waals surface area contributed by atoms with Gasteiger partial charge in [0.05, 0.1) is 0 Å². The molecule has 1 amide bonds. The van der Waals surface area contributed by atoms with Crippen LogP contribution in [0, 0.1) is 0 Å². The summed E-state index contributed by atoms with van der Waals surface area (Å²) < 4.78 is 5.65. The molecular weight excluding hydrogens is 338 g/mol. The SMILES string of the molecule is CC(C)(C)OC(=O)N1[C@H]2CC[C@@H]1[C@@H](c1cnc(N)c(-c3ccccc3)c1)C2. The first-order valence-corrected chi connectivity index (χ1v) is 9.65. The topological polar surface area (TPSA) is 68.5 Å². The Morgan fingerprint density at radius 1 is 1.22 bits per heavy atom. The molecule has 3 heterocycles. The third-order valence-corrected chi connectivity index (χ3v) is 5.59. The lowest BCUT2D eigenvalue weighted by atomic mass is 9.84. The Labute approximate surface area is 160 Å². The molecule has 0 spiro atoms. The second-order valence-electron chi connectivity index (χ2n) is 8.60. The molecule has 5 nitrogen and oxygen atoms in total. The van der Waals surface area contributed by atoms with Gasteiger partial charge in [-0.3, -0.25) is 0 Å². The van der Waals surface area contributed by atoms with Crippen LogP contribution in [0.25, 0.3) is 11.1 Å². The summed E-state index contributed by atoms with van der Waals surface area (Å²) in [6.45, 7) is 5.74. The zero-order valence-corrected chi connectivity index (χ0v) is 16.2. The lowest BCUT2D eigenvalue weighted by Gasteiger charge is -2.28. The summed E-state index contributed by atoms with van der Waals surface area (Å²) in [5.74, 6) is 0.823. The van der Waals surface area contributed by atoms with Crippen LogP contribution < -0.4 is 5.73 Å². The van der Waals surface area contributed by atoms with E-state index in [1.807, 2.05) is 62.2 Å². The van der Waals surface area contributed by atoms with E-state index in [-0.39, 0.29) is 24.1 Å². The van der Waals surface area contributed by atoms with Gasteiger partial charge < -0.3 is 15.4 Å². The van der Waals surface area contributed by atoms with E-state index in [0.29, 0.717) is 5.82 Å². The number of rotatable bonds is 2. The lowest BCUT2D eigenvalue weighted by molar-refractivity contribution is 0.0213. The molecule has 2 aliphatic heterocycles. The number of hydrogen-bond acceptors (Lipinski definition) is 4. The second-order valence-corrected chi connectivity index (χ2v) is 8.60. The number of hydrogen-bond donors (Lipinski definition) is 1. The maximum atomic E-state index is 12.7. The highest BCUT2D eigenvalue weighted by Gasteiger charge is 2.50. The Morgan fingerprint density at radius 3 is 2.67 bits per heavy atom. The zero-order chi connectivity index (χ0) is 19.2. The van der Waals surface area contributed by atoms with Crippen molar-refractivity contribution >= 4 is 11.9 Å².